The molecular formula is C20H24Cl2N4O4S. The smallest absolute Gasteiger partial charge is 0.265 e. The molecule has 3 rings (SSSR count). The van der Waals surface area contributed by atoms with Gasteiger partial charge in [0, 0.05) is 42.3 Å². The van der Waals surface area contributed by atoms with Crippen LogP contribution in [0.1, 0.15) is 41.9 Å². The summed E-state index contributed by atoms with van der Waals surface area (Å²) in [4.78, 5) is 24.1. The van der Waals surface area contributed by atoms with Crippen LogP contribution in [-0.2, 0) is 21.9 Å². The van der Waals surface area contributed by atoms with Crippen molar-refractivity contribution in [1.29, 1.82) is 0 Å². The molecular weight excluding hydrogens is 463 g/mol. The fraction of sp³-hybridized carbons (Fsp3) is 0.400. The first-order valence-corrected chi connectivity index (χ1v) is 11.9. The Morgan fingerprint density at radius 3 is 2.39 bits per heavy atom. The lowest BCUT2D eigenvalue weighted by Crippen LogP contribution is -2.43. The van der Waals surface area contributed by atoms with E-state index >= 15 is 0 Å². The first kappa shape index (κ1) is 23.6. The summed E-state index contributed by atoms with van der Waals surface area (Å²) in [5.74, 6) is -1.16. The normalized spacial score (nSPS) is 16.8. The van der Waals surface area contributed by atoms with Crippen molar-refractivity contribution < 1.29 is 18.0 Å². The van der Waals surface area contributed by atoms with Crippen LogP contribution in [0.3, 0.4) is 0 Å². The zero-order chi connectivity index (χ0) is 22.9. The molecule has 1 aliphatic rings. The number of hydrogen-bond donors (Lipinski definition) is 2. The maximum Gasteiger partial charge on any atom is 0.265 e. The number of aromatic nitrogens is 1. The number of aryl methyl sites for hydroxylation is 1. The first-order valence-electron chi connectivity index (χ1n) is 9.72. The Balaban J connectivity index is 1.62. The van der Waals surface area contributed by atoms with Crippen molar-refractivity contribution in [3.05, 3.63) is 51.8 Å². The van der Waals surface area contributed by atoms with Gasteiger partial charge < -0.3 is 15.6 Å². The van der Waals surface area contributed by atoms with Crippen molar-refractivity contribution in [2.24, 2.45) is 18.7 Å². The quantitative estimate of drug-likeness (QED) is 0.652. The van der Waals surface area contributed by atoms with Gasteiger partial charge in [-0.3, -0.25) is 9.59 Å². The molecule has 2 heterocycles. The van der Waals surface area contributed by atoms with Gasteiger partial charge in [-0.15, -0.1) is 0 Å². The number of halogens is 2. The summed E-state index contributed by atoms with van der Waals surface area (Å²) in [6.07, 6.45) is 2.15. The highest BCUT2D eigenvalue weighted by molar-refractivity contribution is 7.89. The van der Waals surface area contributed by atoms with Crippen molar-refractivity contribution in [2.75, 3.05) is 13.1 Å². The zero-order valence-electron chi connectivity index (χ0n) is 17.1. The summed E-state index contributed by atoms with van der Waals surface area (Å²) in [5.41, 5.74) is 6.14. The maximum atomic E-state index is 12.9. The van der Waals surface area contributed by atoms with Crippen LogP contribution in [0, 0.1) is 5.92 Å². The van der Waals surface area contributed by atoms with Gasteiger partial charge in [-0.05, 0) is 43.5 Å². The number of piperidine rings is 1. The van der Waals surface area contributed by atoms with E-state index < -0.39 is 15.9 Å². The van der Waals surface area contributed by atoms with E-state index in [1.165, 1.54) is 21.1 Å². The molecule has 2 amide bonds. The number of hydrogen-bond acceptors (Lipinski definition) is 4. The highest BCUT2D eigenvalue weighted by Crippen LogP contribution is 2.28. The summed E-state index contributed by atoms with van der Waals surface area (Å²) in [6.45, 7) is 2.24. The standard InChI is InChI=1S/C20H24Cl2N4O4S/c1-12(16-4-3-14(21)9-17(16)22)24-20(28)13-5-7-26(8-6-13)31(29,30)15-10-18(19(23)27)25(2)11-15/h3-4,9-13H,5-8H2,1-2H3,(H2,23,27)(H,24,28)/t12-/m1/s1. The summed E-state index contributed by atoms with van der Waals surface area (Å²) in [6, 6.07) is 6.06. The minimum atomic E-state index is -3.78. The molecule has 168 valence electrons. The second-order valence-electron chi connectivity index (χ2n) is 7.61. The third-order valence-electron chi connectivity index (χ3n) is 5.48. The van der Waals surface area contributed by atoms with E-state index in [4.69, 9.17) is 28.9 Å². The summed E-state index contributed by atoms with van der Waals surface area (Å²) < 4.78 is 28.5. The number of carbonyl (C=O) groups excluding carboxylic acids is 2. The van der Waals surface area contributed by atoms with Crippen LogP contribution < -0.4 is 11.1 Å². The molecule has 1 aromatic heterocycles. The molecule has 2 aromatic rings. The number of carbonyl (C=O) groups is 2. The molecule has 31 heavy (non-hydrogen) atoms. The Morgan fingerprint density at radius 1 is 1.19 bits per heavy atom. The van der Waals surface area contributed by atoms with E-state index in [0.717, 1.165) is 5.56 Å². The Hall–Kier alpha value is -2.07. The number of amides is 2. The van der Waals surface area contributed by atoms with Gasteiger partial charge in [0.2, 0.25) is 15.9 Å². The van der Waals surface area contributed by atoms with Crippen molar-refractivity contribution >= 4 is 45.0 Å². The summed E-state index contributed by atoms with van der Waals surface area (Å²) in [7, 11) is -2.22. The predicted molar refractivity (Wildman–Crippen MR) is 118 cm³/mol. The first-order chi connectivity index (χ1) is 14.5. The number of primary amides is 1. The van der Waals surface area contributed by atoms with E-state index in [1.54, 1.807) is 25.2 Å². The van der Waals surface area contributed by atoms with Crippen LogP contribution in [0.5, 0.6) is 0 Å². The van der Waals surface area contributed by atoms with Gasteiger partial charge in [-0.1, -0.05) is 29.3 Å². The SMILES string of the molecule is C[C@@H](NC(=O)C1CCN(S(=O)(=O)c2cc(C(N)=O)n(C)c2)CC1)c1ccc(Cl)cc1Cl. The van der Waals surface area contributed by atoms with E-state index in [0.29, 0.717) is 22.9 Å². The predicted octanol–water partition coefficient (Wildman–Crippen LogP) is 2.71. The number of rotatable bonds is 6. The molecule has 0 spiro atoms. The van der Waals surface area contributed by atoms with Crippen LogP contribution in [0.25, 0.3) is 0 Å². The van der Waals surface area contributed by atoms with Crippen molar-refractivity contribution in [3.8, 4) is 0 Å². The fourth-order valence-electron chi connectivity index (χ4n) is 3.69. The molecule has 1 atom stereocenters. The second-order valence-corrected chi connectivity index (χ2v) is 10.4. The summed E-state index contributed by atoms with van der Waals surface area (Å²) in [5, 5.41) is 3.93. The van der Waals surface area contributed by atoms with E-state index in [-0.39, 0.29) is 41.5 Å². The van der Waals surface area contributed by atoms with E-state index in [1.807, 2.05) is 6.92 Å². The van der Waals surface area contributed by atoms with Gasteiger partial charge in [-0.25, -0.2) is 8.42 Å². The molecule has 0 bridgehead atoms. The van der Waals surface area contributed by atoms with Gasteiger partial charge in [0.25, 0.3) is 5.91 Å². The lowest BCUT2D eigenvalue weighted by Gasteiger charge is -2.31. The lowest BCUT2D eigenvalue weighted by molar-refractivity contribution is -0.126. The molecule has 11 heteroatoms. The Bertz CT molecular complexity index is 1110. The molecule has 0 aliphatic carbocycles. The van der Waals surface area contributed by atoms with Crippen molar-refractivity contribution in [2.45, 2.75) is 30.7 Å². The highest BCUT2D eigenvalue weighted by atomic mass is 35.5. The van der Waals surface area contributed by atoms with E-state index in [2.05, 4.69) is 5.32 Å². The average Bonchev–Trinajstić information content (AvgIpc) is 3.10. The number of nitrogens with one attached hydrogen (secondary N) is 1. The van der Waals surface area contributed by atoms with Crippen LogP contribution in [0.4, 0.5) is 0 Å². The van der Waals surface area contributed by atoms with Crippen LogP contribution in [0.15, 0.2) is 35.4 Å². The molecule has 1 saturated heterocycles. The van der Waals surface area contributed by atoms with Gasteiger partial charge >= 0.3 is 0 Å². The fourth-order valence-corrected chi connectivity index (χ4v) is 5.80. The summed E-state index contributed by atoms with van der Waals surface area (Å²) >= 11 is 12.1. The third kappa shape index (κ3) is 5.06. The molecule has 3 N–H and O–H groups in total. The maximum absolute atomic E-state index is 12.9. The Kier molecular flexibility index (Phi) is 7.00. The molecule has 1 aliphatic heterocycles. The molecule has 1 aromatic carbocycles. The molecule has 8 nitrogen and oxygen atoms in total. The Labute approximate surface area is 191 Å². The monoisotopic (exact) mass is 486 g/mol. The van der Waals surface area contributed by atoms with Gasteiger partial charge in [-0.2, -0.15) is 4.31 Å². The van der Waals surface area contributed by atoms with E-state index in [9.17, 15) is 18.0 Å². The number of sulfonamides is 1. The number of benzene rings is 1. The molecule has 1 fully saturated rings. The molecule has 0 radical (unpaired) electrons. The van der Waals surface area contributed by atoms with Crippen molar-refractivity contribution in [1.82, 2.24) is 14.2 Å². The van der Waals surface area contributed by atoms with Crippen molar-refractivity contribution in [3.63, 3.8) is 0 Å². The second kappa shape index (κ2) is 9.20. The van der Waals surface area contributed by atoms with Gasteiger partial charge in [0.1, 0.15) is 10.6 Å². The third-order valence-corrected chi connectivity index (χ3v) is 7.91. The van der Waals surface area contributed by atoms with Crippen LogP contribution in [0.2, 0.25) is 10.0 Å². The number of nitrogens with two attached hydrogens (primary N) is 1. The van der Waals surface area contributed by atoms with Gasteiger partial charge in [0.15, 0.2) is 0 Å². The van der Waals surface area contributed by atoms with Gasteiger partial charge in [0.05, 0.1) is 6.04 Å². The highest BCUT2D eigenvalue weighted by Gasteiger charge is 2.33. The zero-order valence-corrected chi connectivity index (χ0v) is 19.5. The minimum Gasteiger partial charge on any atom is -0.364 e. The largest absolute Gasteiger partial charge is 0.364 e. The Morgan fingerprint density at radius 2 is 1.84 bits per heavy atom. The lowest BCUT2D eigenvalue weighted by atomic mass is 9.96. The molecule has 0 unspecified atom stereocenters. The molecule has 0 saturated carbocycles. The topological polar surface area (TPSA) is 114 Å². The van der Waals surface area contributed by atoms with Crippen LogP contribution in [-0.4, -0.2) is 42.2 Å². The van der Waals surface area contributed by atoms with Crippen LogP contribution >= 0.6 is 23.2 Å². The number of nitrogens with zero attached hydrogens (tertiary/aromatic N) is 2. The minimum absolute atomic E-state index is 0.0118. The average molecular weight is 487 g/mol.